The maximum absolute atomic E-state index is 11.1. The molecule has 1 saturated carbocycles. The van der Waals surface area contributed by atoms with E-state index in [2.05, 4.69) is 106 Å². The zero-order valence-electron chi connectivity index (χ0n) is 31.4. The van der Waals surface area contributed by atoms with Gasteiger partial charge in [-0.05, 0) is 63.0 Å². The second-order valence-corrected chi connectivity index (χ2v) is 16.4. The average Bonchev–Trinajstić information content (AvgIpc) is 3.68. The third-order valence-electron chi connectivity index (χ3n) is 7.82. The van der Waals surface area contributed by atoms with Crippen LogP contribution < -0.4 is 4.72 Å². The van der Waals surface area contributed by atoms with Gasteiger partial charge in [-0.15, -0.1) is 13.2 Å². The second kappa shape index (κ2) is 20.3. The molecule has 3 aliphatic carbocycles. The second-order valence-electron chi connectivity index (χ2n) is 14.4. The summed E-state index contributed by atoms with van der Waals surface area (Å²) in [5, 5.41) is 4.23. The van der Waals surface area contributed by atoms with Gasteiger partial charge >= 0.3 is 5.97 Å². The van der Waals surface area contributed by atoms with Gasteiger partial charge in [0.2, 0.25) is 10.0 Å². The monoisotopic (exact) mass is 682 g/mol. The van der Waals surface area contributed by atoms with E-state index in [-0.39, 0.29) is 35.4 Å². The van der Waals surface area contributed by atoms with Crippen LogP contribution in [-0.2, 0) is 24.4 Å². The van der Waals surface area contributed by atoms with Gasteiger partial charge in [0.15, 0.2) is 0 Å². The highest BCUT2D eigenvalue weighted by molar-refractivity contribution is 7.90. The molecule has 268 valence electrons. The number of carbonyl (C=O) groups excluding carboxylic acids is 1. The van der Waals surface area contributed by atoms with Gasteiger partial charge in [0, 0.05) is 30.0 Å². The van der Waals surface area contributed by atoms with Crippen molar-refractivity contribution in [2.45, 2.75) is 125 Å². The SMILES string of the molecule is C=C.CC(C)C(=O)OC1CC=CC1.CC(C)C(C)(C)C.CC(C)NS(=O)(=O)C1CC1.CC(C)ON=C1c2ccccc2-c2ccccc21. The number of rotatable bonds is 7. The van der Waals surface area contributed by atoms with Crippen LogP contribution >= 0.6 is 0 Å². The largest absolute Gasteiger partial charge is 0.462 e. The van der Waals surface area contributed by atoms with Crippen molar-refractivity contribution in [3.05, 3.63) is 85.0 Å². The van der Waals surface area contributed by atoms with E-state index in [0.717, 1.165) is 48.4 Å². The normalized spacial score (nSPS) is 14.8. The van der Waals surface area contributed by atoms with E-state index < -0.39 is 10.0 Å². The zero-order valence-corrected chi connectivity index (χ0v) is 32.2. The molecule has 48 heavy (non-hydrogen) atoms. The summed E-state index contributed by atoms with van der Waals surface area (Å²) in [6.07, 6.45) is 7.76. The molecule has 2 aromatic carbocycles. The molecule has 0 spiro atoms. The van der Waals surface area contributed by atoms with E-state index in [0.29, 0.717) is 5.41 Å². The first kappa shape index (κ1) is 42.8. The molecule has 3 aliphatic rings. The minimum Gasteiger partial charge on any atom is -0.462 e. The molecule has 1 fully saturated rings. The van der Waals surface area contributed by atoms with E-state index >= 15 is 0 Å². The van der Waals surface area contributed by atoms with Crippen molar-refractivity contribution in [2.75, 3.05) is 0 Å². The number of esters is 1. The summed E-state index contributed by atoms with van der Waals surface area (Å²) >= 11 is 0. The molecule has 0 radical (unpaired) electrons. The van der Waals surface area contributed by atoms with Gasteiger partial charge in [-0.1, -0.05) is 114 Å². The number of nitrogens with zero attached hydrogens (tertiary/aromatic N) is 1. The van der Waals surface area contributed by atoms with E-state index in [4.69, 9.17) is 9.57 Å². The highest BCUT2D eigenvalue weighted by atomic mass is 32.2. The Morgan fingerprint density at radius 2 is 1.23 bits per heavy atom. The van der Waals surface area contributed by atoms with Crippen LogP contribution in [0.4, 0.5) is 0 Å². The topological polar surface area (TPSA) is 94.1 Å². The Morgan fingerprint density at radius 3 is 1.56 bits per heavy atom. The maximum atomic E-state index is 11.1. The van der Waals surface area contributed by atoms with Crippen molar-refractivity contribution in [3.63, 3.8) is 0 Å². The van der Waals surface area contributed by atoms with Gasteiger partial charge in [0.1, 0.15) is 17.9 Å². The molecule has 0 aromatic heterocycles. The summed E-state index contributed by atoms with van der Waals surface area (Å²) < 4.78 is 29.9. The van der Waals surface area contributed by atoms with Gasteiger partial charge in [-0.25, -0.2) is 13.1 Å². The summed E-state index contributed by atoms with van der Waals surface area (Å²) in [5.74, 6) is 0.710. The number of benzene rings is 2. The highest BCUT2D eigenvalue weighted by Gasteiger charge is 2.35. The molecule has 0 aliphatic heterocycles. The van der Waals surface area contributed by atoms with Gasteiger partial charge in [0.25, 0.3) is 0 Å². The Balaban J connectivity index is 0.000000335. The number of fused-ring (bicyclic) bond motifs is 3. The van der Waals surface area contributed by atoms with Crippen molar-refractivity contribution >= 4 is 21.7 Å². The Kier molecular flexibility index (Phi) is 18.1. The van der Waals surface area contributed by atoms with Crippen LogP contribution in [0.1, 0.15) is 113 Å². The van der Waals surface area contributed by atoms with E-state index in [9.17, 15) is 13.2 Å². The molecule has 0 amide bonds. The number of hydrogen-bond donors (Lipinski definition) is 1. The summed E-state index contributed by atoms with van der Waals surface area (Å²) in [4.78, 5) is 16.5. The summed E-state index contributed by atoms with van der Waals surface area (Å²) in [7, 11) is -2.94. The van der Waals surface area contributed by atoms with Gasteiger partial charge < -0.3 is 9.57 Å². The summed E-state index contributed by atoms with van der Waals surface area (Å²) in [6.45, 7) is 28.6. The summed E-state index contributed by atoms with van der Waals surface area (Å²) in [6, 6.07) is 16.7. The predicted octanol–water partition coefficient (Wildman–Crippen LogP) is 9.72. The first-order chi connectivity index (χ1) is 22.4. The smallest absolute Gasteiger partial charge is 0.308 e. The van der Waals surface area contributed by atoms with Crippen LogP contribution in [0.25, 0.3) is 11.1 Å². The van der Waals surface area contributed by atoms with Crippen LogP contribution in [0.15, 0.2) is 79.0 Å². The lowest BCUT2D eigenvalue weighted by atomic mass is 9.84. The quantitative estimate of drug-likeness (QED) is 0.152. The third kappa shape index (κ3) is 14.9. The molecule has 1 N–H and O–H groups in total. The van der Waals surface area contributed by atoms with Crippen molar-refractivity contribution in [2.24, 2.45) is 22.4 Å². The molecule has 7 nitrogen and oxygen atoms in total. The first-order valence-corrected chi connectivity index (χ1v) is 18.8. The number of carbonyl (C=O) groups is 1. The molecule has 0 heterocycles. The van der Waals surface area contributed by atoms with E-state index in [1.807, 2.05) is 53.7 Å². The number of sulfonamides is 1. The Bertz CT molecular complexity index is 1380. The van der Waals surface area contributed by atoms with Crippen molar-refractivity contribution < 1.29 is 22.8 Å². The number of hydrogen-bond acceptors (Lipinski definition) is 6. The predicted molar refractivity (Wildman–Crippen MR) is 203 cm³/mol. The molecule has 0 saturated heterocycles. The zero-order chi connectivity index (χ0) is 36.7. The standard InChI is InChI=1S/C16H15NO.C9H14O2.C7H16.C6H13NO2S.C2H4/c1-11(2)18-17-16-14-9-5-3-7-12(14)13-8-4-6-10-15(13)16;1-7(2)9(10)11-8-5-3-4-6-8;1-6(2)7(3,4)5;1-5(2)7-10(8,9)6-3-4-6;1-2/h3-11H,1-2H3;3-4,7-8H,5-6H2,1-2H3;6H,1-5H3;5-7H,3-4H2,1-2H3;1-2H2. The van der Waals surface area contributed by atoms with Crippen molar-refractivity contribution in [1.82, 2.24) is 4.72 Å². The van der Waals surface area contributed by atoms with Gasteiger partial charge in [-0.2, -0.15) is 0 Å². The van der Waals surface area contributed by atoms with Gasteiger partial charge in [0.05, 0.1) is 11.2 Å². The Labute approximate surface area is 292 Å². The lowest BCUT2D eigenvalue weighted by Crippen LogP contribution is -2.32. The fourth-order valence-corrected chi connectivity index (χ4v) is 5.65. The molecule has 0 unspecified atom stereocenters. The number of oxime groups is 1. The first-order valence-electron chi connectivity index (χ1n) is 17.2. The molecule has 2 aromatic rings. The van der Waals surface area contributed by atoms with Crippen LogP contribution in [0, 0.1) is 17.3 Å². The lowest BCUT2D eigenvalue weighted by Gasteiger charge is -2.22. The van der Waals surface area contributed by atoms with Crippen LogP contribution in [-0.4, -0.2) is 43.6 Å². The number of nitrogens with one attached hydrogen (secondary N) is 1. The Hall–Kier alpha value is -3.23. The highest BCUT2D eigenvalue weighted by Crippen LogP contribution is 2.36. The third-order valence-corrected chi connectivity index (χ3v) is 9.97. The Morgan fingerprint density at radius 1 is 0.812 bits per heavy atom. The van der Waals surface area contributed by atoms with Crippen molar-refractivity contribution in [3.8, 4) is 11.1 Å². The molecular formula is C40H62N2O5S. The fourth-order valence-electron chi connectivity index (χ4n) is 4.04. The van der Waals surface area contributed by atoms with Crippen LogP contribution in [0.3, 0.4) is 0 Å². The fraction of sp³-hybridized carbons (Fsp3) is 0.550. The molecule has 5 rings (SSSR count). The molecule has 8 heteroatoms. The number of ether oxygens (including phenoxy) is 1. The van der Waals surface area contributed by atoms with Gasteiger partial charge in [-0.3, -0.25) is 4.79 Å². The lowest BCUT2D eigenvalue weighted by molar-refractivity contribution is -0.152. The van der Waals surface area contributed by atoms with Crippen LogP contribution in [0.5, 0.6) is 0 Å². The minimum atomic E-state index is -2.94. The molecular weight excluding hydrogens is 621 g/mol. The van der Waals surface area contributed by atoms with Crippen molar-refractivity contribution in [1.29, 1.82) is 0 Å². The maximum Gasteiger partial charge on any atom is 0.308 e. The molecule has 0 atom stereocenters. The molecule has 0 bridgehead atoms. The average molecular weight is 683 g/mol. The van der Waals surface area contributed by atoms with Crippen LogP contribution in [0.2, 0.25) is 0 Å². The minimum absolute atomic E-state index is 0.00407. The summed E-state index contributed by atoms with van der Waals surface area (Å²) in [5.41, 5.74) is 6.21. The van der Waals surface area contributed by atoms with E-state index in [1.165, 1.54) is 11.1 Å². The van der Waals surface area contributed by atoms with E-state index in [1.54, 1.807) is 0 Å².